The molecule has 0 aliphatic heterocycles. The third kappa shape index (κ3) is 4.82. The van der Waals surface area contributed by atoms with Crippen LogP contribution in [0.4, 0.5) is 8.78 Å². The predicted octanol–water partition coefficient (Wildman–Crippen LogP) is 4.16. The molecule has 0 heterocycles. The second kappa shape index (κ2) is 7.78. The molecule has 23 heavy (non-hydrogen) atoms. The molecule has 0 bridgehead atoms. The monoisotopic (exact) mass is 342 g/mol. The van der Waals surface area contributed by atoms with Crippen molar-refractivity contribution in [3.63, 3.8) is 0 Å². The summed E-state index contributed by atoms with van der Waals surface area (Å²) in [5.74, 6) is -0.262. The van der Waals surface area contributed by atoms with Crippen LogP contribution in [0.2, 0.25) is 5.02 Å². The second-order valence-electron chi connectivity index (χ2n) is 4.41. The minimum Gasteiger partial charge on any atom is -0.482 e. The molecule has 0 N–H and O–H groups in total. The molecule has 0 spiro atoms. The topological polar surface area (TPSA) is 44.8 Å². The lowest BCUT2D eigenvalue weighted by Gasteiger charge is -2.13. The van der Waals surface area contributed by atoms with E-state index in [9.17, 15) is 13.6 Å². The number of alkyl halides is 2. The van der Waals surface area contributed by atoms with E-state index < -0.39 is 12.6 Å². The Balaban J connectivity index is 2.36. The van der Waals surface area contributed by atoms with Gasteiger partial charge in [-0.1, -0.05) is 23.7 Å². The molecule has 2 aromatic carbocycles. The Kier molecular flexibility index (Phi) is 5.76. The minimum atomic E-state index is -2.96. The lowest BCUT2D eigenvalue weighted by atomic mass is 10.0. The molecular formula is C16H13ClF2O4. The van der Waals surface area contributed by atoms with E-state index in [0.29, 0.717) is 21.9 Å². The van der Waals surface area contributed by atoms with Crippen molar-refractivity contribution in [2.75, 3.05) is 13.7 Å². The molecule has 7 heteroatoms. The predicted molar refractivity (Wildman–Crippen MR) is 81.0 cm³/mol. The summed E-state index contributed by atoms with van der Waals surface area (Å²) in [5, 5.41) is 0.450. The molecule has 0 saturated heterocycles. The van der Waals surface area contributed by atoms with Gasteiger partial charge in [0.05, 0.1) is 7.11 Å². The Morgan fingerprint density at radius 1 is 1.22 bits per heavy atom. The van der Waals surface area contributed by atoms with Crippen molar-refractivity contribution in [1.82, 2.24) is 0 Å². The van der Waals surface area contributed by atoms with Gasteiger partial charge in [-0.15, -0.1) is 0 Å². The highest BCUT2D eigenvalue weighted by molar-refractivity contribution is 6.30. The fraction of sp³-hybridized carbons (Fsp3) is 0.188. The normalized spacial score (nSPS) is 10.5. The molecule has 122 valence electrons. The number of carbonyl (C=O) groups excluding carboxylic acids is 1. The maximum absolute atomic E-state index is 12.6. The van der Waals surface area contributed by atoms with E-state index in [2.05, 4.69) is 9.47 Å². The van der Waals surface area contributed by atoms with Gasteiger partial charge in [0.15, 0.2) is 6.61 Å². The Morgan fingerprint density at radius 3 is 2.65 bits per heavy atom. The van der Waals surface area contributed by atoms with Crippen molar-refractivity contribution < 1.29 is 27.8 Å². The van der Waals surface area contributed by atoms with Crippen LogP contribution in [0.3, 0.4) is 0 Å². The fourth-order valence-corrected chi connectivity index (χ4v) is 2.07. The zero-order valence-corrected chi connectivity index (χ0v) is 12.8. The summed E-state index contributed by atoms with van der Waals surface area (Å²) >= 11 is 5.93. The van der Waals surface area contributed by atoms with Crippen LogP contribution in [0.15, 0.2) is 42.5 Å². The van der Waals surface area contributed by atoms with Gasteiger partial charge >= 0.3 is 12.6 Å². The summed E-state index contributed by atoms with van der Waals surface area (Å²) in [6.07, 6.45) is 0. The van der Waals surface area contributed by atoms with Crippen molar-refractivity contribution in [2.24, 2.45) is 0 Å². The van der Waals surface area contributed by atoms with Crippen molar-refractivity contribution >= 4 is 17.6 Å². The van der Waals surface area contributed by atoms with Crippen LogP contribution in [-0.2, 0) is 9.53 Å². The van der Waals surface area contributed by atoms with Crippen LogP contribution in [0.25, 0.3) is 11.1 Å². The number of ether oxygens (including phenoxy) is 3. The van der Waals surface area contributed by atoms with Gasteiger partial charge in [-0.2, -0.15) is 8.78 Å². The molecule has 2 rings (SSSR count). The smallest absolute Gasteiger partial charge is 0.387 e. The number of halogens is 3. The Labute approximate surface area is 136 Å². The van der Waals surface area contributed by atoms with E-state index in [-0.39, 0.29) is 12.4 Å². The molecule has 0 aliphatic carbocycles. The first kappa shape index (κ1) is 17.0. The van der Waals surface area contributed by atoms with E-state index in [0.717, 1.165) is 0 Å². The molecule has 4 nitrogen and oxygen atoms in total. The first-order chi connectivity index (χ1) is 11.0. The van der Waals surface area contributed by atoms with Crippen LogP contribution in [-0.4, -0.2) is 26.3 Å². The summed E-state index contributed by atoms with van der Waals surface area (Å²) in [7, 11) is 1.24. The van der Waals surface area contributed by atoms with Crippen LogP contribution >= 0.6 is 11.6 Å². The standard InChI is InChI=1S/C16H13ClF2O4/c1-21-15(20)9-22-12-5-6-14(23-16(18)19)13(8-12)10-3-2-4-11(17)7-10/h2-8,16H,9H2,1H3. The van der Waals surface area contributed by atoms with Crippen LogP contribution < -0.4 is 9.47 Å². The average molecular weight is 343 g/mol. The quantitative estimate of drug-likeness (QED) is 0.739. The third-order valence-corrected chi connectivity index (χ3v) is 3.12. The average Bonchev–Trinajstić information content (AvgIpc) is 2.53. The molecule has 0 fully saturated rings. The first-order valence-electron chi connectivity index (χ1n) is 6.54. The van der Waals surface area contributed by atoms with Gasteiger partial charge in [0, 0.05) is 10.6 Å². The van der Waals surface area contributed by atoms with Crippen molar-refractivity contribution in [3.05, 3.63) is 47.5 Å². The van der Waals surface area contributed by atoms with Gasteiger partial charge < -0.3 is 14.2 Å². The van der Waals surface area contributed by atoms with Crippen molar-refractivity contribution in [2.45, 2.75) is 6.61 Å². The summed E-state index contributed by atoms with van der Waals surface area (Å²) in [6.45, 7) is -3.25. The minimum absolute atomic E-state index is 0.0207. The van der Waals surface area contributed by atoms with Crippen LogP contribution in [0.1, 0.15) is 0 Å². The maximum Gasteiger partial charge on any atom is 0.387 e. The van der Waals surface area contributed by atoms with Gasteiger partial charge in [0.2, 0.25) is 0 Å². The molecule has 0 aromatic heterocycles. The molecule has 0 aliphatic rings. The number of methoxy groups -OCH3 is 1. The fourth-order valence-electron chi connectivity index (χ4n) is 1.88. The zero-order chi connectivity index (χ0) is 16.8. The first-order valence-corrected chi connectivity index (χ1v) is 6.92. The molecule has 0 amide bonds. The van der Waals surface area contributed by atoms with E-state index in [1.807, 2.05) is 0 Å². The summed E-state index contributed by atoms with van der Waals surface area (Å²) < 4.78 is 39.4. The Hall–Kier alpha value is -2.34. The van der Waals surface area contributed by atoms with Crippen LogP contribution in [0.5, 0.6) is 11.5 Å². The van der Waals surface area contributed by atoms with E-state index in [4.69, 9.17) is 16.3 Å². The van der Waals surface area contributed by atoms with E-state index in [1.165, 1.54) is 25.3 Å². The maximum atomic E-state index is 12.6. The summed E-state index contributed by atoms with van der Waals surface area (Å²) in [4.78, 5) is 11.1. The third-order valence-electron chi connectivity index (χ3n) is 2.89. The summed E-state index contributed by atoms with van der Waals surface area (Å²) in [5.41, 5.74) is 0.951. The van der Waals surface area contributed by atoms with Gasteiger partial charge in [-0.3, -0.25) is 0 Å². The number of carbonyl (C=O) groups is 1. The molecule has 0 radical (unpaired) electrons. The SMILES string of the molecule is COC(=O)COc1ccc(OC(F)F)c(-c2cccc(Cl)c2)c1. The van der Waals surface area contributed by atoms with Gasteiger partial charge in [-0.25, -0.2) is 4.79 Å². The van der Waals surface area contributed by atoms with Crippen molar-refractivity contribution in [1.29, 1.82) is 0 Å². The van der Waals surface area contributed by atoms with E-state index in [1.54, 1.807) is 24.3 Å². The molecule has 0 unspecified atom stereocenters. The van der Waals surface area contributed by atoms with Gasteiger partial charge in [-0.05, 0) is 35.9 Å². The highest BCUT2D eigenvalue weighted by Crippen LogP contribution is 2.35. The van der Waals surface area contributed by atoms with E-state index >= 15 is 0 Å². The van der Waals surface area contributed by atoms with Gasteiger partial charge in [0.25, 0.3) is 0 Å². The molecule has 0 atom stereocenters. The molecule has 2 aromatic rings. The largest absolute Gasteiger partial charge is 0.482 e. The lowest BCUT2D eigenvalue weighted by Crippen LogP contribution is -2.12. The number of hydrogen-bond donors (Lipinski definition) is 0. The highest BCUT2D eigenvalue weighted by atomic mass is 35.5. The summed E-state index contributed by atoms with van der Waals surface area (Å²) in [6, 6.07) is 10.9. The number of hydrogen-bond acceptors (Lipinski definition) is 4. The Morgan fingerprint density at radius 2 is 2.00 bits per heavy atom. The highest BCUT2D eigenvalue weighted by Gasteiger charge is 2.14. The lowest BCUT2D eigenvalue weighted by molar-refractivity contribution is -0.142. The zero-order valence-electron chi connectivity index (χ0n) is 12.1. The number of benzene rings is 2. The number of esters is 1. The van der Waals surface area contributed by atoms with Crippen LogP contribution in [0, 0.1) is 0 Å². The Bertz CT molecular complexity index is 692. The molecule has 0 saturated carbocycles. The van der Waals surface area contributed by atoms with Gasteiger partial charge in [0.1, 0.15) is 11.5 Å². The number of rotatable bonds is 6. The van der Waals surface area contributed by atoms with Crippen molar-refractivity contribution in [3.8, 4) is 22.6 Å². The second-order valence-corrected chi connectivity index (χ2v) is 4.85. The molecular weight excluding hydrogens is 330 g/mol.